The first kappa shape index (κ1) is 14.9. The van der Waals surface area contributed by atoms with E-state index in [0.29, 0.717) is 18.2 Å². The SMILES string of the molecule is CCCN(C1CCNC1)S(=O)(=O)CCC(C)C. The number of nitrogens with zero attached hydrogens (tertiary/aromatic N) is 1. The Bertz CT molecular complexity index is 308. The van der Waals surface area contributed by atoms with E-state index in [1.165, 1.54) is 0 Å². The molecule has 1 N–H and O–H groups in total. The predicted molar refractivity (Wildman–Crippen MR) is 71.5 cm³/mol. The van der Waals surface area contributed by atoms with Crippen LogP contribution >= 0.6 is 0 Å². The van der Waals surface area contributed by atoms with Gasteiger partial charge in [0.25, 0.3) is 0 Å². The topological polar surface area (TPSA) is 49.4 Å². The quantitative estimate of drug-likeness (QED) is 0.755. The second kappa shape index (κ2) is 6.71. The van der Waals surface area contributed by atoms with Gasteiger partial charge in [-0.25, -0.2) is 8.42 Å². The van der Waals surface area contributed by atoms with Gasteiger partial charge in [-0.2, -0.15) is 4.31 Å². The van der Waals surface area contributed by atoms with Crippen LogP contribution in [0.15, 0.2) is 0 Å². The molecule has 1 heterocycles. The summed E-state index contributed by atoms with van der Waals surface area (Å²) in [6.07, 6.45) is 2.58. The monoisotopic (exact) mass is 262 g/mol. The van der Waals surface area contributed by atoms with Gasteiger partial charge in [-0.1, -0.05) is 20.8 Å². The maximum absolute atomic E-state index is 12.3. The Balaban J connectivity index is 2.67. The molecule has 1 atom stereocenters. The fraction of sp³-hybridized carbons (Fsp3) is 1.00. The number of nitrogens with one attached hydrogen (secondary N) is 1. The molecule has 1 saturated heterocycles. The first-order valence-corrected chi connectivity index (χ1v) is 8.28. The Labute approximate surface area is 106 Å². The third kappa shape index (κ3) is 4.56. The van der Waals surface area contributed by atoms with Gasteiger partial charge in [-0.15, -0.1) is 0 Å². The second-order valence-electron chi connectivity index (χ2n) is 5.26. The van der Waals surface area contributed by atoms with Crippen molar-refractivity contribution in [3.63, 3.8) is 0 Å². The van der Waals surface area contributed by atoms with E-state index in [4.69, 9.17) is 0 Å². The Hall–Kier alpha value is -0.130. The van der Waals surface area contributed by atoms with Gasteiger partial charge in [-0.05, 0) is 31.7 Å². The normalized spacial score (nSPS) is 21.6. The van der Waals surface area contributed by atoms with Crippen molar-refractivity contribution in [1.82, 2.24) is 9.62 Å². The summed E-state index contributed by atoms with van der Waals surface area (Å²) in [5.41, 5.74) is 0. The molecule has 0 saturated carbocycles. The van der Waals surface area contributed by atoms with Crippen LogP contribution in [0.25, 0.3) is 0 Å². The van der Waals surface area contributed by atoms with Crippen LogP contribution in [-0.4, -0.2) is 44.2 Å². The van der Waals surface area contributed by atoms with Crippen molar-refractivity contribution in [1.29, 1.82) is 0 Å². The van der Waals surface area contributed by atoms with E-state index < -0.39 is 10.0 Å². The van der Waals surface area contributed by atoms with E-state index in [1.54, 1.807) is 4.31 Å². The van der Waals surface area contributed by atoms with E-state index in [0.717, 1.165) is 32.4 Å². The molecule has 1 unspecified atom stereocenters. The third-order valence-electron chi connectivity index (χ3n) is 3.20. The molecule has 102 valence electrons. The fourth-order valence-corrected chi connectivity index (χ4v) is 4.25. The lowest BCUT2D eigenvalue weighted by Crippen LogP contribution is -2.43. The van der Waals surface area contributed by atoms with E-state index in [2.05, 4.69) is 19.2 Å². The Morgan fingerprint density at radius 1 is 1.41 bits per heavy atom. The first-order chi connectivity index (χ1) is 7.97. The van der Waals surface area contributed by atoms with Gasteiger partial charge in [0.15, 0.2) is 0 Å². The van der Waals surface area contributed by atoms with Crippen LogP contribution < -0.4 is 5.32 Å². The summed E-state index contributed by atoms with van der Waals surface area (Å²) < 4.78 is 26.4. The largest absolute Gasteiger partial charge is 0.315 e. The second-order valence-corrected chi connectivity index (χ2v) is 7.30. The van der Waals surface area contributed by atoms with Crippen LogP contribution in [0.5, 0.6) is 0 Å². The predicted octanol–water partition coefficient (Wildman–Crippen LogP) is 1.44. The molecular weight excluding hydrogens is 236 g/mol. The van der Waals surface area contributed by atoms with Crippen molar-refractivity contribution in [3.05, 3.63) is 0 Å². The summed E-state index contributed by atoms with van der Waals surface area (Å²) in [6, 6.07) is 0.173. The van der Waals surface area contributed by atoms with Crippen molar-refractivity contribution >= 4 is 10.0 Å². The molecule has 0 aromatic carbocycles. The number of hydrogen-bond acceptors (Lipinski definition) is 3. The average Bonchev–Trinajstić information content (AvgIpc) is 2.76. The molecule has 1 fully saturated rings. The number of hydrogen-bond donors (Lipinski definition) is 1. The zero-order valence-corrected chi connectivity index (χ0v) is 12.1. The van der Waals surface area contributed by atoms with E-state index >= 15 is 0 Å². The summed E-state index contributed by atoms with van der Waals surface area (Å²) in [5.74, 6) is 0.733. The van der Waals surface area contributed by atoms with Crippen molar-refractivity contribution < 1.29 is 8.42 Å². The maximum atomic E-state index is 12.3. The minimum atomic E-state index is -3.07. The fourth-order valence-electron chi connectivity index (χ4n) is 2.16. The van der Waals surface area contributed by atoms with Gasteiger partial charge in [0.1, 0.15) is 0 Å². The molecule has 0 bridgehead atoms. The smallest absolute Gasteiger partial charge is 0.214 e. The van der Waals surface area contributed by atoms with Gasteiger partial charge in [0.05, 0.1) is 5.75 Å². The van der Waals surface area contributed by atoms with Gasteiger partial charge < -0.3 is 5.32 Å². The van der Waals surface area contributed by atoms with Gasteiger partial charge in [0, 0.05) is 19.1 Å². The van der Waals surface area contributed by atoms with Crippen molar-refractivity contribution in [3.8, 4) is 0 Å². The van der Waals surface area contributed by atoms with Gasteiger partial charge in [-0.3, -0.25) is 0 Å². The maximum Gasteiger partial charge on any atom is 0.214 e. The molecular formula is C12H26N2O2S. The molecule has 0 amide bonds. The molecule has 0 radical (unpaired) electrons. The molecule has 4 nitrogen and oxygen atoms in total. The lowest BCUT2D eigenvalue weighted by Gasteiger charge is -2.27. The van der Waals surface area contributed by atoms with Crippen molar-refractivity contribution in [2.75, 3.05) is 25.4 Å². The summed E-state index contributed by atoms with van der Waals surface area (Å²) >= 11 is 0. The minimum Gasteiger partial charge on any atom is -0.315 e. The Kier molecular flexibility index (Phi) is 5.89. The molecule has 0 aromatic heterocycles. The third-order valence-corrected chi connectivity index (χ3v) is 5.14. The highest BCUT2D eigenvalue weighted by molar-refractivity contribution is 7.89. The molecule has 1 aliphatic rings. The van der Waals surface area contributed by atoms with Gasteiger partial charge >= 0.3 is 0 Å². The van der Waals surface area contributed by atoms with Crippen LogP contribution in [-0.2, 0) is 10.0 Å². The molecule has 1 rings (SSSR count). The van der Waals surface area contributed by atoms with E-state index in [9.17, 15) is 8.42 Å². The Morgan fingerprint density at radius 3 is 2.59 bits per heavy atom. The zero-order valence-electron chi connectivity index (χ0n) is 11.3. The Morgan fingerprint density at radius 2 is 2.12 bits per heavy atom. The van der Waals surface area contributed by atoms with Crippen LogP contribution in [0.2, 0.25) is 0 Å². The highest BCUT2D eigenvalue weighted by Gasteiger charge is 2.30. The lowest BCUT2D eigenvalue weighted by atomic mass is 10.2. The highest BCUT2D eigenvalue weighted by Crippen LogP contribution is 2.16. The van der Waals surface area contributed by atoms with Gasteiger partial charge in [0.2, 0.25) is 10.0 Å². The molecule has 1 aliphatic heterocycles. The molecule has 0 spiro atoms. The van der Waals surface area contributed by atoms with Crippen LogP contribution in [0.3, 0.4) is 0 Å². The standard InChI is InChI=1S/C12H26N2O2S/c1-4-8-14(12-5-7-13-10-12)17(15,16)9-6-11(2)3/h11-13H,4-10H2,1-3H3. The minimum absolute atomic E-state index is 0.173. The van der Waals surface area contributed by atoms with Crippen molar-refractivity contribution in [2.45, 2.75) is 46.1 Å². The summed E-state index contributed by atoms with van der Waals surface area (Å²) in [6.45, 7) is 8.57. The summed E-state index contributed by atoms with van der Waals surface area (Å²) in [7, 11) is -3.07. The van der Waals surface area contributed by atoms with Crippen LogP contribution in [0, 0.1) is 5.92 Å². The number of sulfonamides is 1. The zero-order chi connectivity index (χ0) is 12.9. The summed E-state index contributed by atoms with van der Waals surface area (Å²) in [5, 5.41) is 3.24. The summed E-state index contributed by atoms with van der Waals surface area (Å²) in [4.78, 5) is 0. The first-order valence-electron chi connectivity index (χ1n) is 6.67. The molecule has 0 aromatic rings. The van der Waals surface area contributed by atoms with Crippen LogP contribution in [0.1, 0.15) is 40.0 Å². The molecule has 17 heavy (non-hydrogen) atoms. The highest BCUT2D eigenvalue weighted by atomic mass is 32.2. The van der Waals surface area contributed by atoms with E-state index in [1.807, 2.05) is 6.92 Å². The van der Waals surface area contributed by atoms with Crippen LogP contribution in [0.4, 0.5) is 0 Å². The number of rotatable bonds is 7. The lowest BCUT2D eigenvalue weighted by molar-refractivity contribution is 0.333. The van der Waals surface area contributed by atoms with Crippen molar-refractivity contribution in [2.24, 2.45) is 5.92 Å². The van der Waals surface area contributed by atoms with E-state index in [-0.39, 0.29) is 6.04 Å². The average molecular weight is 262 g/mol. The molecule has 5 heteroatoms. The molecule has 0 aliphatic carbocycles.